The molecule has 1 aliphatic rings. The fourth-order valence-corrected chi connectivity index (χ4v) is 9.82. The highest BCUT2D eigenvalue weighted by molar-refractivity contribution is 6.28. The van der Waals surface area contributed by atoms with Gasteiger partial charge in [-0.3, -0.25) is 0 Å². The van der Waals surface area contributed by atoms with Crippen molar-refractivity contribution in [2.75, 3.05) is 0 Å². The Morgan fingerprint density at radius 1 is 0.309 bits per heavy atom. The number of rotatable bonds is 4. The van der Waals surface area contributed by atoms with E-state index in [0.29, 0.717) is 0 Å². The molecule has 0 radical (unpaired) electrons. The molecule has 0 bridgehead atoms. The third-order valence-corrected chi connectivity index (χ3v) is 12.2. The Kier molecular flexibility index (Phi) is 7.00. The lowest BCUT2D eigenvalue weighted by atomic mass is 9.79. The molecule has 0 saturated carbocycles. The van der Waals surface area contributed by atoms with Crippen LogP contribution in [0.1, 0.15) is 25.0 Å². The minimum Gasteiger partial charge on any atom is -0.0622 e. The highest BCUT2D eigenvalue weighted by Crippen LogP contribution is 2.53. The first-order valence-electron chi connectivity index (χ1n) is 19.4. The third-order valence-electron chi connectivity index (χ3n) is 12.2. The molecular formula is C55H38. The number of benzene rings is 10. The second-order valence-corrected chi connectivity index (χ2v) is 15.6. The Bertz CT molecular complexity index is 3160. The number of fused-ring (bicyclic) bond motifs is 9. The fraction of sp³-hybridized carbons (Fsp3) is 0.0545. The standard InChI is InChI=1S/C55H38/c1-55(2)50-34-38(30-31-44(50)48-32-28-36-17-7-9-22-41(36)54(48)55)39-20-10-11-23-42(39)43-24-12-13-25-45(43)53-47-27-15-14-26-46(47)51(37-18-4-3-5-19-37)49-33-29-35-16-6-8-21-40(35)52(49)53/h3-34H,1-2H3. The maximum atomic E-state index is 2.47. The van der Waals surface area contributed by atoms with Crippen molar-refractivity contribution < 1.29 is 0 Å². The van der Waals surface area contributed by atoms with E-state index < -0.39 is 0 Å². The van der Waals surface area contributed by atoms with Gasteiger partial charge in [-0.1, -0.05) is 202 Å². The zero-order valence-electron chi connectivity index (χ0n) is 31.0. The molecule has 11 rings (SSSR count). The van der Waals surface area contributed by atoms with Crippen LogP contribution in [0.25, 0.3) is 98.7 Å². The van der Waals surface area contributed by atoms with Gasteiger partial charge >= 0.3 is 0 Å². The van der Waals surface area contributed by atoms with Gasteiger partial charge in [-0.2, -0.15) is 0 Å². The molecule has 0 unspecified atom stereocenters. The molecule has 0 nitrogen and oxygen atoms in total. The molecule has 0 heterocycles. The summed E-state index contributed by atoms with van der Waals surface area (Å²) in [4.78, 5) is 0. The predicted molar refractivity (Wildman–Crippen MR) is 236 cm³/mol. The topological polar surface area (TPSA) is 0 Å². The largest absolute Gasteiger partial charge is 0.0622 e. The Hall–Kier alpha value is -6.76. The minimum absolute atomic E-state index is 0.131. The molecule has 258 valence electrons. The van der Waals surface area contributed by atoms with Gasteiger partial charge in [0.15, 0.2) is 0 Å². The lowest BCUT2D eigenvalue weighted by molar-refractivity contribution is 0.666. The normalized spacial score (nSPS) is 13.1. The fourth-order valence-electron chi connectivity index (χ4n) is 9.82. The maximum Gasteiger partial charge on any atom is 0.0165 e. The van der Waals surface area contributed by atoms with Gasteiger partial charge in [0.05, 0.1) is 0 Å². The number of hydrogen-bond acceptors (Lipinski definition) is 0. The van der Waals surface area contributed by atoms with E-state index in [2.05, 4.69) is 208 Å². The minimum atomic E-state index is -0.131. The Morgan fingerprint density at radius 3 is 1.58 bits per heavy atom. The molecule has 0 fully saturated rings. The van der Waals surface area contributed by atoms with E-state index in [1.54, 1.807) is 0 Å². The van der Waals surface area contributed by atoms with E-state index in [1.165, 1.54) is 110 Å². The Morgan fingerprint density at radius 2 is 0.836 bits per heavy atom. The molecule has 0 N–H and O–H groups in total. The molecule has 0 aliphatic heterocycles. The first-order valence-corrected chi connectivity index (χ1v) is 19.4. The first-order chi connectivity index (χ1) is 27.1. The van der Waals surface area contributed by atoms with Gasteiger partial charge in [0, 0.05) is 5.41 Å². The zero-order valence-corrected chi connectivity index (χ0v) is 31.0. The second-order valence-electron chi connectivity index (χ2n) is 15.6. The summed E-state index contributed by atoms with van der Waals surface area (Å²) in [5, 5.41) is 10.3. The zero-order chi connectivity index (χ0) is 36.7. The van der Waals surface area contributed by atoms with E-state index in [-0.39, 0.29) is 5.41 Å². The van der Waals surface area contributed by atoms with Crippen molar-refractivity contribution in [2.24, 2.45) is 0 Å². The van der Waals surface area contributed by atoms with Crippen LogP contribution in [0.2, 0.25) is 0 Å². The maximum absolute atomic E-state index is 2.47. The molecule has 1 aliphatic carbocycles. The van der Waals surface area contributed by atoms with Crippen LogP contribution in [0.15, 0.2) is 194 Å². The van der Waals surface area contributed by atoms with E-state index in [0.717, 1.165) is 0 Å². The van der Waals surface area contributed by atoms with Gasteiger partial charge in [0.25, 0.3) is 0 Å². The molecule has 0 saturated heterocycles. The van der Waals surface area contributed by atoms with Gasteiger partial charge in [-0.25, -0.2) is 0 Å². The van der Waals surface area contributed by atoms with Crippen LogP contribution >= 0.6 is 0 Å². The van der Waals surface area contributed by atoms with Crippen LogP contribution in [0.4, 0.5) is 0 Å². The second kappa shape index (κ2) is 12.1. The molecule has 10 aromatic carbocycles. The summed E-state index contributed by atoms with van der Waals surface area (Å²) in [5.74, 6) is 0. The lowest BCUT2D eigenvalue weighted by Crippen LogP contribution is -2.15. The smallest absolute Gasteiger partial charge is 0.0165 e. The van der Waals surface area contributed by atoms with Crippen molar-refractivity contribution >= 4 is 43.1 Å². The van der Waals surface area contributed by atoms with Crippen LogP contribution in [0, 0.1) is 0 Å². The summed E-state index contributed by atoms with van der Waals surface area (Å²) < 4.78 is 0. The summed E-state index contributed by atoms with van der Waals surface area (Å²) in [7, 11) is 0. The predicted octanol–water partition coefficient (Wildman–Crippen LogP) is 15.3. The van der Waals surface area contributed by atoms with Crippen LogP contribution < -0.4 is 0 Å². The molecule has 0 aromatic heterocycles. The summed E-state index contributed by atoms with van der Waals surface area (Å²) in [6, 6.07) is 72.1. The molecule has 0 amide bonds. The Labute approximate surface area is 322 Å². The molecule has 55 heavy (non-hydrogen) atoms. The average Bonchev–Trinajstić information content (AvgIpc) is 3.48. The SMILES string of the molecule is CC1(C)c2cc(-c3ccccc3-c3ccccc3-c3c4ccccc4c(-c4ccccc4)c4ccc5ccccc5c34)ccc2-c2ccc3ccccc3c21. The van der Waals surface area contributed by atoms with Crippen LogP contribution in [0.3, 0.4) is 0 Å². The number of hydrogen-bond donors (Lipinski definition) is 0. The van der Waals surface area contributed by atoms with E-state index in [9.17, 15) is 0 Å². The van der Waals surface area contributed by atoms with Crippen molar-refractivity contribution in [1.82, 2.24) is 0 Å². The van der Waals surface area contributed by atoms with Crippen molar-refractivity contribution in [3.63, 3.8) is 0 Å². The van der Waals surface area contributed by atoms with Gasteiger partial charge in [-0.15, -0.1) is 0 Å². The average molecular weight is 699 g/mol. The van der Waals surface area contributed by atoms with Crippen molar-refractivity contribution in [3.8, 4) is 55.6 Å². The van der Waals surface area contributed by atoms with Gasteiger partial charge in [-0.05, 0) is 116 Å². The van der Waals surface area contributed by atoms with Crippen LogP contribution in [-0.2, 0) is 5.41 Å². The molecule has 0 heteroatoms. The molecule has 0 spiro atoms. The van der Waals surface area contributed by atoms with E-state index in [4.69, 9.17) is 0 Å². The third kappa shape index (κ3) is 4.71. The van der Waals surface area contributed by atoms with Gasteiger partial charge in [0.1, 0.15) is 0 Å². The first kappa shape index (κ1) is 31.7. The van der Waals surface area contributed by atoms with Crippen molar-refractivity contribution in [1.29, 1.82) is 0 Å². The lowest BCUT2D eigenvalue weighted by Gasteiger charge is -2.24. The highest BCUT2D eigenvalue weighted by Gasteiger charge is 2.37. The van der Waals surface area contributed by atoms with Gasteiger partial charge in [0.2, 0.25) is 0 Å². The van der Waals surface area contributed by atoms with Gasteiger partial charge < -0.3 is 0 Å². The molecule has 0 atom stereocenters. The summed E-state index contributed by atoms with van der Waals surface area (Å²) in [6.45, 7) is 4.80. The summed E-state index contributed by atoms with van der Waals surface area (Å²) in [5.41, 5.74) is 15.4. The Balaban J connectivity index is 1.17. The highest BCUT2D eigenvalue weighted by atomic mass is 14.4. The van der Waals surface area contributed by atoms with E-state index in [1.807, 2.05) is 0 Å². The van der Waals surface area contributed by atoms with Crippen LogP contribution in [0.5, 0.6) is 0 Å². The monoisotopic (exact) mass is 698 g/mol. The van der Waals surface area contributed by atoms with Crippen molar-refractivity contribution in [3.05, 3.63) is 205 Å². The summed E-state index contributed by atoms with van der Waals surface area (Å²) >= 11 is 0. The van der Waals surface area contributed by atoms with Crippen molar-refractivity contribution in [2.45, 2.75) is 19.3 Å². The molecule has 10 aromatic rings. The van der Waals surface area contributed by atoms with Crippen LogP contribution in [-0.4, -0.2) is 0 Å². The van der Waals surface area contributed by atoms with E-state index >= 15 is 0 Å². The summed E-state index contributed by atoms with van der Waals surface area (Å²) in [6.07, 6.45) is 0. The molecular weight excluding hydrogens is 661 g/mol. The quantitative estimate of drug-likeness (QED) is 0.127.